The van der Waals surface area contributed by atoms with Crippen molar-refractivity contribution in [2.45, 2.75) is 38.2 Å². The minimum atomic E-state index is -0.526. The number of rotatable bonds is 2. The Morgan fingerprint density at radius 1 is 1.69 bits per heavy atom. The number of aliphatic hydroxyl groups excluding tert-OH is 1. The van der Waals surface area contributed by atoms with Crippen molar-refractivity contribution < 1.29 is 9.84 Å². The van der Waals surface area contributed by atoms with E-state index in [2.05, 4.69) is 4.98 Å². The molecule has 3 N–H and O–H groups in total. The molecule has 1 aliphatic rings. The lowest BCUT2D eigenvalue weighted by molar-refractivity contribution is -0.0544. The van der Waals surface area contributed by atoms with Crippen LogP contribution in [0.25, 0.3) is 0 Å². The summed E-state index contributed by atoms with van der Waals surface area (Å²) in [5, 5.41) is 9.38. The van der Waals surface area contributed by atoms with Crippen LogP contribution in [0.1, 0.15) is 26.0 Å². The highest BCUT2D eigenvalue weighted by Gasteiger charge is 2.30. The van der Waals surface area contributed by atoms with Gasteiger partial charge in [-0.05, 0) is 25.8 Å². The number of aliphatic hydroxyl groups is 1. The first kappa shape index (κ1) is 11.1. The molecule has 6 heteroatoms. The Bertz CT molecular complexity index is 430. The zero-order valence-corrected chi connectivity index (χ0v) is 9.04. The van der Waals surface area contributed by atoms with Gasteiger partial charge in [-0.3, -0.25) is 4.57 Å². The fourth-order valence-electron chi connectivity index (χ4n) is 1.85. The number of ether oxygens (including phenoxy) is 1. The molecular weight excluding hydrogens is 210 g/mol. The zero-order chi connectivity index (χ0) is 11.7. The van der Waals surface area contributed by atoms with Crippen LogP contribution in [0.15, 0.2) is 17.1 Å². The smallest absolute Gasteiger partial charge is 0.351 e. The standard InChI is InChI=1S/C10H15N3O3/c1-6(14)7-2-3-9(16-7)13-5-4-8(11)12-10(13)15/h4-7,9,14H,2-3H2,1H3,(H2,11,12,15)/t6?,7-,9?/m0/s1. The average Bonchev–Trinajstić information content (AvgIpc) is 2.66. The molecule has 0 aromatic carbocycles. The van der Waals surface area contributed by atoms with Gasteiger partial charge in [0.15, 0.2) is 0 Å². The van der Waals surface area contributed by atoms with Gasteiger partial charge in [0.25, 0.3) is 0 Å². The monoisotopic (exact) mass is 225 g/mol. The van der Waals surface area contributed by atoms with Crippen molar-refractivity contribution in [1.82, 2.24) is 9.55 Å². The third-order valence-corrected chi connectivity index (χ3v) is 2.73. The molecule has 2 rings (SSSR count). The summed E-state index contributed by atoms with van der Waals surface area (Å²) in [6, 6.07) is 1.56. The molecule has 3 atom stereocenters. The van der Waals surface area contributed by atoms with E-state index >= 15 is 0 Å². The van der Waals surface area contributed by atoms with Crippen LogP contribution in [0.3, 0.4) is 0 Å². The van der Waals surface area contributed by atoms with E-state index in [1.54, 1.807) is 19.2 Å². The number of hydrogen-bond acceptors (Lipinski definition) is 5. The molecule has 16 heavy (non-hydrogen) atoms. The topological polar surface area (TPSA) is 90.4 Å². The Morgan fingerprint density at radius 2 is 2.44 bits per heavy atom. The third-order valence-electron chi connectivity index (χ3n) is 2.73. The molecule has 2 unspecified atom stereocenters. The van der Waals surface area contributed by atoms with Gasteiger partial charge in [-0.1, -0.05) is 0 Å². The Balaban J connectivity index is 2.18. The second-order valence-electron chi connectivity index (χ2n) is 3.99. The number of aromatic nitrogens is 2. The van der Waals surface area contributed by atoms with Crippen molar-refractivity contribution in [1.29, 1.82) is 0 Å². The predicted octanol–water partition coefficient (Wildman–Crippen LogP) is -0.116. The van der Waals surface area contributed by atoms with E-state index in [1.165, 1.54) is 4.57 Å². The van der Waals surface area contributed by atoms with Crippen molar-refractivity contribution in [3.8, 4) is 0 Å². The second-order valence-corrected chi connectivity index (χ2v) is 3.99. The van der Waals surface area contributed by atoms with Gasteiger partial charge in [-0.25, -0.2) is 4.79 Å². The number of nitrogens with zero attached hydrogens (tertiary/aromatic N) is 2. The molecule has 1 aromatic rings. The number of nitrogens with two attached hydrogens (primary N) is 1. The summed E-state index contributed by atoms with van der Waals surface area (Å²) in [6.07, 6.45) is 1.91. The summed E-state index contributed by atoms with van der Waals surface area (Å²) in [5.41, 5.74) is 4.98. The van der Waals surface area contributed by atoms with Gasteiger partial charge < -0.3 is 15.6 Å². The van der Waals surface area contributed by atoms with Crippen LogP contribution in [-0.2, 0) is 4.74 Å². The maximum atomic E-state index is 11.5. The van der Waals surface area contributed by atoms with Gasteiger partial charge in [0.2, 0.25) is 0 Å². The number of anilines is 1. The highest BCUT2D eigenvalue weighted by atomic mass is 16.5. The molecule has 1 aromatic heterocycles. The molecule has 1 fully saturated rings. The molecular formula is C10H15N3O3. The largest absolute Gasteiger partial charge is 0.391 e. The first-order valence-corrected chi connectivity index (χ1v) is 5.26. The van der Waals surface area contributed by atoms with E-state index in [9.17, 15) is 9.90 Å². The van der Waals surface area contributed by atoms with Crippen LogP contribution in [0.5, 0.6) is 0 Å². The molecule has 0 radical (unpaired) electrons. The lowest BCUT2D eigenvalue weighted by Gasteiger charge is -2.17. The maximum absolute atomic E-state index is 11.5. The normalized spacial score (nSPS) is 26.9. The molecule has 6 nitrogen and oxygen atoms in total. The average molecular weight is 225 g/mol. The summed E-state index contributed by atoms with van der Waals surface area (Å²) in [5.74, 6) is 0.200. The number of nitrogen functional groups attached to an aromatic ring is 1. The van der Waals surface area contributed by atoms with Gasteiger partial charge in [0, 0.05) is 6.20 Å². The summed E-state index contributed by atoms with van der Waals surface area (Å²) < 4.78 is 6.96. The third kappa shape index (κ3) is 2.07. The molecule has 0 amide bonds. The van der Waals surface area contributed by atoms with Crippen molar-refractivity contribution in [3.63, 3.8) is 0 Å². The lowest BCUT2D eigenvalue weighted by atomic mass is 10.1. The van der Waals surface area contributed by atoms with Crippen LogP contribution < -0.4 is 11.4 Å². The van der Waals surface area contributed by atoms with Gasteiger partial charge in [-0.15, -0.1) is 0 Å². The van der Waals surface area contributed by atoms with E-state index in [0.29, 0.717) is 6.42 Å². The van der Waals surface area contributed by atoms with Crippen LogP contribution in [-0.4, -0.2) is 26.9 Å². The van der Waals surface area contributed by atoms with Crippen LogP contribution in [0.2, 0.25) is 0 Å². The highest BCUT2D eigenvalue weighted by Crippen LogP contribution is 2.28. The highest BCUT2D eigenvalue weighted by molar-refractivity contribution is 5.23. The van der Waals surface area contributed by atoms with Crippen LogP contribution in [0.4, 0.5) is 5.82 Å². The van der Waals surface area contributed by atoms with Crippen molar-refractivity contribution in [2.75, 3.05) is 5.73 Å². The van der Waals surface area contributed by atoms with Gasteiger partial charge in [0.05, 0.1) is 12.2 Å². The van der Waals surface area contributed by atoms with Crippen molar-refractivity contribution >= 4 is 5.82 Å². The second kappa shape index (κ2) is 4.23. The molecule has 1 aliphatic heterocycles. The Labute approximate surface area is 92.7 Å². The lowest BCUT2D eigenvalue weighted by Crippen LogP contribution is -2.29. The van der Waals surface area contributed by atoms with Crippen molar-refractivity contribution in [2.24, 2.45) is 0 Å². The first-order chi connectivity index (χ1) is 7.58. The summed E-state index contributed by atoms with van der Waals surface area (Å²) in [6.45, 7) is 1.68. The molecule has 88 valence electrons. The van der Waals surface area contributed by atoms with Crippen LogP contribution >= 0.6 is 0 Å². The fourth-order valence-corrected chi connectivity index (χ4v) is 1.85. The molecule has 0 bridgehead atoms. The summed E-state index contributed by atoms with van der Waals surface area (Å²) in [7, 11) is 0. The Kier molecular flexibility index (Phi) is 2.93. The predicted molar refractivity (Wildman–Crippen MR) is 57.7 cm³/mol. The summed E-state index contributed by atoms with van der Waals surface area (Å²) >= 11 is 0. The zero-order valence-electron chi connectivity index (χ0n) is 9.04. The Hall–Kier alpha value is -1.40. The maximum Gasteiger partial charge on any atom is 0.351 e. The van der Waals surface area contributed by atoms with E-state index in [0.717, 1.165) is 6.42 Å². The van der Waals surface area contributed by atoms with Crippen LogP contribution in [0, 0.1) is 0 Å². The minimum Gasteiger partial charge on any atom is -0.391 e. The Morgan fingerprint density at radius 3 is 3.00 bits per heavy atom. The van der Waals surface area contributed by atoms with E-state index < -0.39 is 11.8 Å². The van der Waals surface area contributed by atoms with E-state index in [-0.39, 0.29) is 18.1 Å². The van der Waals surface area contributed by atoms with Crippen molar-refractivity contribution in [3.05, 3.63) is 22.7 Å². The summed E-state index contributed by atoms with van der Waals surface area (Å²) in [4.78, 5) is 15.2. The SMILES string of the molecule is CC(O)[C@@H]1CCC(n2ccc(N)nc2=O)O1. The minimum absolute atomic E-state index is 0.200. The first-order valence-electron chi connectivity index (χ1n) is 5.26. The molecule has 0 aliphatic carbocycles. The molecule has 1 saturated heterocycles. The van der Waals surface area contributed by atoms with E-state index in [4.69, 9.17) is 10.5 Å². The fraction of sp³-hybridized carbons (Fsp3) is 0.600. The van der Waals surface area contributed by atoms with E-state index in [1.807, 2.05) is 0 Å². The van der Waals surface area contributed by atoms with Gasteiger partial charge >= 0.3 is 5.69 Å². The molecule has 0 spiro atoms. The molecule has 2 heterocycles. The van der Waals surface area contributed by atoms with Gasteiger partial charge in [0.1, 0.15) is 12.0 Å². The molecule has 0 saturated carbocycles. The quantitative estimate of drug-likeness (QED) is 0.732. The van der Waals surface area contributed by atoms with Gasteiger partial charge in [-0.2, -0.15) is 4.98 Å². The number of hydrogen-bond donors (Lipinski definition) is 2.